The van der Waals surface area contributed by atoms with Gasteiger partial charge in [0.1, 0.15) is 0 Å². The molecule has 126 valence electrons. The van der Waals surface area contributed by atoms with Crippen LogP contribution in [-0.4, -0.2) is 57.5 Å². The number of hydrogen-bond acceptors (Lipinski definition) is 5. The number of ether oxygens (including phenoxy) is 1. The predicted molar refractivity (Wildman–Crippen MR) is 82.9 cm³/mol. The first-order valence-electron chi connectivity index (χ1n) is 8.11. The topological polar surface area (TPSA) is 95.5 Å². The van der Waals surface area contributed by atoms with E-state index >= 15 is 0 Å². The molecule has 0 bridgehead atoms. The lowest BCUT2D eigenvalue weighted by molar-refractivity contribution is -0.139. The van der Waals surface area contributed by atoms with Crippen LogP contribution in [0.1, 0.15) is 37.8 Å². The van der Waals surface area contributed by atoms with Crippen LogP contribution >= 0.6 is 0 Å². The number of aliphatic hydroxyl groups is 1. The molecule has 1 aromatic heterocycles. The highest BCUT2D eigenvalue weighted by molar-refractivity contribution is 5.77. The van der Waals surface area contributed by atoms with Crippen LogP contribution in [0.5, 0.6) is 0 Å². The molecule has 2 fully saturated rings. The number of nitrogens with one attached hydrogen (secondary N) is 1. The average molecular weight is 321 g/mol. The number of nitrogens with zero attached hydrogens (tertiary/aromatic N) is 2. The number of carbonyl (C=O) groups excluding carboxylic acids is 1. The second-order valence-corrected chi connectivity index (χ2v) is 6.46. The van der Waals surface area contributed by atoms with Gasteiger partial charge in [0.2, 0.25) is 5.91 Å². The molecule has 0 spiro atoms. The highest BCUT2D eigenvalue weighted by Crippen LogP contribution is 2.42. The van der Waals surface area contributed by atoms with Crippen molar-refractivity contribution in [3.8, 4) is 0 Å². The summed E-state index contributed by atoms with van der Waals surface area (Å²) in [5.74, 6) is 0.0519. The number of likely N-dealkylation sites (tertiary alicyclic amines) is 1. The maximum Gasteiger partial charge on any atom is 0.264 e. The molecule has 3 atom stereocenters. The maximum atomic E-state index is 12.6. The van der Waals surface area contributed by atoms with Gasteiger partial charge >= 0.3 is 0 Å². The number of aryl methyl sites for hydroxylation is 1. The van der Waals surface area contributed by atoms with Gasteiger partial charge in [0, 0.05) is 32.6 Å². The van der Waals surface area contributed by atoms with Crippen LogP contribution in [-0.2, 0) is 16.0 Å². The Kier molecular flexibility index (Phi) is 4.50. The Bertz CT molecular complexity index is 612. The highest BCUT2D eigenvalue weighted by Gasteiger charge is 2.52. The second-order valence-electron chi connectivity index (χ2n) is 6.46. The van der Waals surface area contributed by atoms with Crippen molar-refractivity contribution < 1.29 is 14.6 Å². The molecule has 7 heteroatoms. The van der Waals surface area contributed by atoms with Crippen molar-refractivity contribution in [3.63, 3.8) is 0 Å². The number of hydrogen-bond donors (Lipinski definition) is 2. The fourth-order valence-electron chi connectivity index (χ4n) is 3.87. The normalized spacial score (nSPS) is 30.3. The third-order valence-corrected chi connectivity index (χ3v) is 5.21. The van der Waals surface area contributed by atoms with Crippen LogP contribution < -0.4 is 5.56 Å². The standard InChI is InChI=1S/C16H23N3O4/c1-23-16-7-6-12(20)10-13(16)19(9-8-16)15(22)5-3-11-2-4-14(21)18-17-11/h2,4,12-13,20H,3,5-10H2,1H3,(H,18,21)/t12-,13-,16+/m0/s1. The van der Waals surface area contributed by atoms with E-state index in [0.717, 1.165) is 19.3 Å². The molecule has 1 aliphatic heterocycles. The fourth-order valence-corrected chi connectivity index (χ4v) is 3.87. The largest absolute Gasteiger partial charge is 0.393 e. The minimum absolute atomic E-state index is 0.0488. The Morgan fingerprint density at radius 1 is 1.52 bits per heavy atom. The molecule has 2 N–H and O–H groups in total. The molecular weight excluding hydrogens is 298 g/mol. The van der Waals surface area contributed by atoms with E-state index in [1.807, 2.05) is 4.90 Å². The van der Waals surface area contributed by atoms with E-state index in [2.05, 4.69) is 10.2 Å². The number of fused-ring (bicyclic) bond motifs is 1. The van der Waals surface area contributed by atoms with E-state index in [0.29, 0.717) is 31.5 Å². The first-order chi connectivity index (χ1) is 11.0. The summed E-state index contributed by atoms with van der Waals surface area (Å²) in [6.45, 7) is 0.670. The molecule has 1 amide bonds. The summed E-state index contributed by atoms with van der Waals surface area (Å²) in [6.07, 6.45) is 3.39. The van der Waals surface area contributed by atoms with Crippen LogP contribution in [0.4, 0.5) is 0 Å². The van der Waals surface area contributed by atoms with Crippen molar-refractivity contribution in [2.24, 2.45) is 0 Å². The van der Waals surface area contributed by atoms with E-state index in [9.17, 15) is 14.7 Å². The minimum atomic E-state index is -0.363. The molecule has 1 aromatic rings. The SMILES string of the molecule is CO[C@@]12CC[C@H](O)C[C@@H]1N(C(=O)CCc1ccc(=O)[nH]n1)CC2. The summed E-state index contributed by atoms with van der Waals surface area (Å²) in [7, 11) is 1.70. The number of H-pyrrole nitrogens is 1. The summed E-state index contributed by atoms with van der Waals surface area (Å²) in [5.41, 5.74) is 0.144. The molecule has 1 saturated carbocycles. The van der Waals surface area contributed by atoms with Gasteiger partial charge in [0.05, 0.1) is 23.4 Å². The van der Waals surface area contributed by atoms with Gasteiger partial charge in [-0.05, 0) is 31.7 Å². The molecule has 23 heavy (non-hydrogen) atoms. The van der Waals surface area contributed by atoms with E-state index in [1.165, 1.54) is 6.07 Å². The van der Waals surface area contributed by atoms with Crippen molar-refractivity contribution in [1.29, 1.82) is 0 Å². The molecule has 1 aliphatic carbocycles. The molecule has 0 radical (unpaired) electrons. The van der Waals surface area contributed by atoms with Crippen LogP contribution in [0.2, 0.25) is 0 Å². The Hall–Kier alpha value is -1.73. The van der Waals surface area contributed by atoms with Crippen molar-refractivity contribution >= 4 is 5.91 Å². The first-order valence-corrected chi connectivity index (χ1v) is 8.11. The van der Waals surface area contributed by atoms with Gasteiger partial charge in [-0.2, -0.15) is 5.10 Å². The van der Waals surface area contributed by atoms with E-state index in [4.69, 9.17) is 4.74 Å². The van der Waals surface area contributed by atoms with Crippen molar-refractivity contribution in [2.45, 2.75) is 56.3 Å². The third kappa shape index (κ3) is 3.16. The number of aromatic amines is 1. The van der Waals surface area contributed by atoms with Gasteiger partial charge in [-0.3, -0.25) is 9.59 Å². The maximum absolute atomic E-state index is 12.6. The highest BCUT2D eigenvalue weighted by atomic mass is 16.5. The van der Waals surface area contributed by atoms with Crippen LogP contribution in [0, 0.1) is 0 Å². The van der Waals surface area contributed by atoms with Gasteiger partial charge in [0.15, 0.2) is 0 Å². The zero-order valence-electron chi connectivity index (χ0n) is 13.3. The summed E-state index contributed by atoms with van der Waals surface area (Å²) in [4.78, 5) is 25.4. The smallest absolute Gasteiger partial charge is 0.264 e. The van der Waals surface area contributed by atoms with E-state index < -0.39 is 0 Å². The lowest BCUT2D eigenvalue weighted by Crippen LogP contribution is -2.52. The first kappa shape index (κ1) is 16.1. The van der Waals surface area contributed by atoms with Gasteiger partial charge in [-0.15, -0.1) is 0 Å². The summed E-state index contributed by atoms with van der Waals surface area (Å²) in [6, 6.07) is 3.00. The number of rotatable bonds is 4. The summed E-state index contributed by atoms with van der Waals surface area (Å²) < 4.78 is 5.75. The Morgan fingerprint density at radius 3 is 3.04 bits per heavy atom. The van der Waals surface area contributed by atoms with Crippen LogP contribution in [0.25, 0.3) is 0 Å². The molecule has 7 nitrogen and oxygen atoms in total. The monoisotopic (exact) mass is 321 g/mol. The Morgan fingerprint density at radius 2 is 2.35 bits per heavy atom. The number of methoxy groups -OCH3 is 1. The van der Waals surface area contributed by atoms with Gasteiger partial charge in [-0.25, -0.2) is 5.10 Å². The zero-order valence-corrected chi connectivity index (χ0v) is 13.3. The fraction of sp³-hybridized carbons (Fsp3) is 0.688. The van der Waals surface area contributed by atoms with Crippen LogP contribution in [0.15, 0.2) is 16.9 Å². The van der Waals surface area contributed by atoms with Crippen molar-refractivity contribution in [2.75, 3.05) is 13.7 Å². The summed E-state index contributed by atoms with van der Waals surface area (Å²) in [5, 5.41) is 16.3. The lowest BCUT2D eigenvalue weighted by Gasteiger charge is -2.42. The third-order valence-electron chi connectivity index (χ3n) is 5.21. The van der Waals surface area contributed by atoms with Gasteiger partial charge in [0.25, 0.3) is 5.56 Å². The number of amides is 1. The molecule has 2 heterocycles. The second kappa shape index (κ2) is 6.41. The average Bonchev–Trinajstić information content (AvgIpc) is 2.93. The number of carbonyl (C=O) groups is 1. The Labute approximate surface area is 134 Å². The Balaban J connectivity index is 1.65. The van der Waals surface area contributed by atoms with Crippen LogP contribution in [0.3, 0.4) is 0 Å². The van der Waals surface area contributed by atoms with E-state index in [1.54, 1.807) is 13.2 Å². The molecule has 2 aliphatic rings. The predicted octanol–water partition coefficient (Wildman–Crippen LogP) is 0.233. The summed E-state index contributed by atoms with van der Waals surface area (Å²) >= 11 is 0. The van der Waals surface area contributed by atoms with Gasteiger partial charge in [-0.1, -0.05) is 0 Å². The van der Waals surface area contributed by atoms with Crippen molar-refractivity contribution in [1.82, 2.24) is 15.1 Å². The lowest BCUT2D eigenvalue weighted by atomic mass is 9.79. The van der Waals surface area contributed by atoms with E-state index in [-0.39, 0.29) is 29.2 Å². The number of aromatic nitrogens is 2. The molecule has 0 aromatic carbocycles. The zero-order chi connectivity index (χ0) is 16.4. The van der Waals surface area contributed by atoms with Crippen molar-refractivity contribution in [3.05, 3.63) is 28.2 Å². The number of aliphatic hydroxyl groups excluding tert-OH is 1. The quantitative estimate of drug-likeness (QED) is 0.828. The molecular formula is C16H23N3O4. The van der Waals surface area contributed by atoms with Gasteiger partial charge < -0.3 is 14.7 Å². The molecule has 1 saturated heterocycles. The molecule has 0 unspecified atom stereocenters. The molecule has 3 rings (SSSR count). The minimum Gasteiger partial charge on any atom is -0.393 e.